The average Bonchev–Trinajstić information content (AvgIpc) is 2.62. The van der Waals surface area contributed by atoms with Gasteiger partial charge in [-0.15, -0.1) is 0 Å². The molecule has 2 heteroatoms. The molecule has 1 saturated heterocycles. The third-order valence-corrected chi connectivity index (χ3v) is 3.96. The summed E-state index contributed by atoms with van der Waals surface area (Å²) in [4.78, 5) is 2.60. The zero-order chi connectivity index (χ0) is 12.8. The molecule has 2 nitrogen and oxygen atoms in total. The van der Waals surface area contributed by atoms with Crippen molar-refractivity contribution in [3.05, 3.63) is 29.3 Å². The molecule has 1 fully saturated rings. The lowest BCUT2D eigenvalue weighted by atomic mass is 10.1. The van der Waals surface area contributed by atoms with Crippen molar-refractivity contribution in [2.75, 3.05) is 31.5 Å². The van der Waals surface area contributed by atoms with Crippen molar-refractivity contribution >= 4 is 5.69 Å². The average molecular weight is 246 g/mol. The van der Waals surface area contributed by atoms with Crippen LogP contribution in [0.2, 0.25) is 0 Å². The van der Waals surface area contributed by atoms with Gasteiger partial charge in [-0.3, -0.25) is 0 Å². The van der Waals surface area contributed by atoms with Crippen LogP contribution in [-0.2, 0) is 0 Å². The predicted octanol–water partition coefficient (Wildman–Crippen LogP) is 3.59. The van der Waals surface area contributed by atoms with Crippen LogP contribution in [0.5, 0.6) is 0 Å². The van der Waals surface area contributed by atoms with Gasteiger partial charge in [-0.1, -0.05) is 18.9 Å². The maximum Gasteiger partial charge on any atom is 0.0343 e. The van der Waals surface area contributed by atoms with Crippen molar-refractivity contribution in [1.29, 1.82) is 0 Å². The summed E-state index contributed by atoms with van der Waals surface area (Å²) in [6.07, 6.45) is 5.59. The maximum atomic E-state index is 3.54. The Kier molecular flexibility index (Phi) is 5.06. The molecule has 0 aliphatic carbocycles. The number of benzene rings is 1. The minimum absolute atomic E-state index is 1.06. The molecular weight excluding hydrogens is 220 g/mol. The fourth-order valence-corrected chi connectivity index (χ4v) is 2.57. The molecule has 18 heavy (non-hydrogen) atoms. The van der Waals surface area contributed by atoms with E-state index in [2.05, 4.69) is 42.3 Å². The molecule has 0 amide bonds. The van der Waals surface area contributed by atoms with E-state index >= 15 is 0 Å². The van der Waals surface area contributed by atoms with E-state index in [1.54, 1.807) is 0 Å². The molecule has 0 unspecified atom stereocenters. The van der Waals surface area contributed by atoms with Crippen molar-refractivity contribution in [2.45, 2.75) is 39.5 Å². The van der Waals surface area contributed by atoms with E-state index in [1.165, 1.54) is 62.1 Å². The van der Waals surface area contributed by atoms with E-state index in [4.69, 9.17) is 0 Å². The van der Waals surface area contributed by atoms with Crippen LogP contribution in [0, 0.1) is 13.8 Å². The second-order valence-electron chi connectivity index (χ2n) is 5.48. The Bertz CT molecular complexity index is 365. The van der Waals surface area contributed by atoms with Gasteiger partial charge in [0, 0.05) is 18.8 Å². The van der Waals surface area contributed by atoms with Crippen LogP contribution in [0.15, 0.2) is 18.2 Å². The Hall–Kier alpha value is -1.02. The van der Waals surface area contributed by atoms with Gasteiger partial charge in [0.25, 0.3) is 0 Å². The van der Waals surface area contributed by atoms with E-state index in [-0.39, 0.29) is 0 Å². The van der Waals surface area contributed by atoms with Crippen molar-refractivity contribution in [2.24, 2.45) is 0 Å². The van der Waals surface area contributed by atoms with Crippen molar-refractivity contribution < 1.29 is 0 Å². The summed E-state index contributed by atoms with van der Waals surface area (Å²) < 4.78 is 0. The monoisotopic (exact) mass is 246 g/mol. The molecule has 0 radical (unpaired) electrons. The van der Waals surface area contributed by atoms with Gasteiger partial charge >= 0.3 is 0 Å². The number of nitrogens with zero attached hydrogens (tertiary/aromatic N) is 1. The van der Waals surface area contributed by atoms with E-state index in [0.717, 1.165) is 6.54 Å². The summed E-state index contributed by atoms with van der Waals surface area (Å²) in [6, 6.07) is 6.63. The summed E-state index contributed by atoms with van der Waals surface area (Å²) in [6.45, 7) is 9.14. The van der Waals surface area contributed by atoms with Crippen molar-refractivity contribution in [1.82, 2.24) is 4.90 Å². The van der Waals surface area contributed by atoms with E-state index in [1.807, 2.05) is 0 Å². The van der Waals surface area contributed by atoms with E-state index < -0.39 is 0 Å². The van der Waals surface area contributed by atoms with Gasteiger partial charge in [0.15, 0.2) is 0 Å². The molecule has 0 spiro atoms. The summed E-state index contributed by atoms with van der Waals surface area (Å²) in [5.74, 6) is 0. The molecule has 0 atom stereocenters. The van der Waals surface area contributed by atoms with Crippen LogP contribution in [-0.4, -0.2) is 31.1 Å². The predicted molar refractivity (Wildman–Crippen MR) is 79.3 cm³/mol. The summed E-state index contributed by atoms with van der Waals surface area (Å²) >= 11 is 0. The highest BCUT2D eigenvalue weighted by Crippen LogP contribution is 2.14. The van der Waals surface area contributed by atoms with Crippen molar-refractivity contribution in [3.8, 4) is 0 Å². The zero-order valence-electron chi connectivity index (χ0n) is 11.8. The molecule has 1 aromatic rings. The van der Waals surface area contributed by atoms with Crippen LogP contribution in [0.25, 0.3) is 0 Å². The lowest BCUT2D eigenvalue weighted by Gasteiger charge is -2.20. The van der Waals surface area contributed by atoms with E-state index in [0.29, 0.717) is 0 Å². The largest absolute Gasteiger partial charge is 0.384 e. The number of likely N-dealkylation sites (tertiary alicyclic amines) is 1. The first-order chi connectivity index (χ1) is 8.75. The number of hydrogen-bond donors (Lipinski definition) is 1. The zero-order valence-corrected chi connectivity index (χ0v) is 11.8. The number of rotatable bonds is 4. The second kappa shape index (κ2) is 6.79. The molecule has 0 saturated carbocycles. The minimum Gasteiger partial charge on any atom is -0.384 e. The highest BCUT2D eigenvalue weighted by molar-refractivity contribution is 5.48. The fourth-order valence-electron chi connectivity index (χ4n) is 2.57. The minimum atomic E-state index is 1.06. The SMILES string of the molecule is Cc1ccc(NCCN2CCCCCC2)cc1C. The smallest absolute Gasteiger partial charge is 0.0343 e. The lowest BCUT2D eigenvalue weighted by Crippen LogP contribution is -2.29. The van der Waals surface area contributed by atoms with Gasteiger partial charge in [0.1, 0.15) is 0 Å². The quantitative estimate of drug-likeness (QED) is 0.873. The lowest BCUT2D eigenvalue weighted by molar-refractivity contribution is 0.296. The topological polar surface area (TPSA) is 15.3 Å². The molecule has 1 heterocycles. The Labute approximate surface area is 111 Å². The molecule has 2 rings (SSSR count). The van der Waals surface area contributed by atoms with Gasteiger partial charge < -0.3 is 10.2 Å². The first kappa shape index (κ1) is 13.4. The maximum absolute atomic E-state index is 3.54. The molecular formula is C16H26N2. The highest BCUT2D eigenvalue weighted by atomic mass is 15.1. The number of nitrogens with one attached hydrogen (secondary N) is 1. The third-order valence-electron chi connectivity index (χ3n) is 3.96. The molecule has 1 N–H and O–H groups in total. The van der Waals surface area contributed by atoms with Crippen LogP contribution in [0.1, 0.15) is 36.8 Å². The van der Waals surface area contributed by atoms with E-state index in [9.17, 15) is 0 Å². The highest BCUT2D eigenvalue weighted by Gasteiger charge is 2.07. The van der Waals surface area contributed by atoms with Crippen LogP contribution in [0.3, 0.4) is 0 Å². The molecule has 100 valence electrons. The second-order valence-corrected chi connectivity index (χ2v) is 5.48. The Morgan fingerprint density at radius 3 is 2.39 bits per heavy atom. The summed E-state index contributed by atoms with van der Waals surface area (Å²) in [7, 11) is 0. The van der Waals surface area contributed by atoms with Gasteiger partial charge in [0.05, 0.1) is 0 Å². The van der Waals surface area contributed by atoms with Crippen LogP contribution in [0.4, 0.5) is 5.69 Å². The van der Waals surface area contributed by atoms with Crippen LogP contribution < -0.4 is 5.32 Å². The van der Waals surface area contributed by atoms with Crippen LogP contribution >= 0.6 is 0 Å². The Morgan fingerprint density at radius 2 is 1.72 bits per heavy atom. The molecule has 1 aromatic carbocycles. The number of anilines is 1. The summed E-state index contributed by atoms with van der Waals surface area (Å²) in [5.41, 5.74) is 4.00. The Morgan fingerprint density at radius 1 is 1.00 bits per heavy atom. The van der Waals surface area contributed by atoms with Gasteiger partial charge in [0.2, 0.25) is 0 Å². The molecule has 0 aromatic heterocycles. The number of hydrogen-bond acceptors (Lipinski definition) is 2. The molecule has 0 bridgehead atoms. The molecule has 1 aliphatic rings. The van der Waals surface area contributed by atoms with Gasteiger partial charge in [-0.25, -0.2) is 0 Å². The standard InChI is InChI=1S/C16H26N2/c1-14-7-8-16(13-15(14)2)17-9-12-18-10-5-3-4-6-11-18/h7-8,13,17H,3-6,9-12H2,1-2H3. The third kappa shape index (κ3) is 4.02. The van der Waals surface area contributed by atoms with Gasteiger partial charge in [-0.05, 0) is 63.0 Å². The first-order valence-corrected chi connectivity index (χ1v) is 7.29. The normalized spacial score (nSPS) is 17.4. The molecule has 1 aliphatic heterocycles. The van der Waals surface area contributed by atoms with Crippen molar-refractivity contribution in [3.63, 3.8) is 0 Å². The number of aryl methyl sites for hydroxylation is 2. The summed E-state index contributed by atoms with van der Waals surface area (Å²) in [5, 5.41) is 3.54. The first-order valence-electron chi connectivity index (χ1n) is 7.29. The fraction of sp³-hybridized carbons (Fsp3) is 0.625. The Balaban J connectivity index is 1.75. The van der Waals surface area contributed by atoms with Gasteiger partial charge in [-0.2, -0.15) is 0 Å².